The van der Waals surface area contributed by atoms with Crippen molar-refractivity contribution in [2.24, 2.45) is 0 Å². The average molecular weight is 743 g/mol. The molecule has 2 aromatic carbocycles. The molecule has 2 aliphatic rings. The standard InChI is InChI=1S/C17H24BrNSi.C11H19ClSi.C6H5BrN.Li/c1-11-12(2)14(4)17(13(11)3)20(5,6)19-16-9-7-15(18)8-10-16;1-7-8(2)10(4)11(9(7)3)13(5,6)12;7-5-1-3-6(8)4-2-5;/h7-10,17,19H,1-6H3;11H,1-6H3;1-4,8H;/q;;-1;+1. The van der Waals surface area contributed by atoms with Crippen LogP contribution in [0.1, 0.15) is 55.4 Å². The second-order valence-corrected chi connectivity index (χ2v) is 25.3. The quantitative estimate of drug-likeness (QED) is 0.246. The Hall–Kier alpha value is -0.719. The molecule has 0 radical (unpaired) electrons. The molecule has 2 nitrogen and oxygen atoms in total. The monoisotopic (exact) mass is 740 g/mol. The van der Waals surface area contributed by atoms with Crippen LogP contribution in [-0.4, -0.2) is 15.6 Å². The fourth-order valence-electron chi connectivity index (χ4n) is 6.24. The molecule has 0 unspecified atom stereocenters. The van der Waals surface area contributed by atoms with Crippen molar-refractivity contribution >= 4 is 69.9 Å². The Labute approximate surface area is 292 Å². The van der Waals surface area contributed by atoms with Crippen LogP contribution in [0.3, 0.4) is 0 Å². The van der Waals surface area contributed by atoms with Crippen molar-refractivity contribution in [2.45, 2.75) is 92.7 Å². The predicted molar refractivity (Wildman–Crippen MR) is 198 cm³/mol. The largest absolute Gasteiger partial charge is 1.00 e. The van der Waals surface area contributed by atoms with Crippen molar-refractivity contribution in [3.05, 3.63) is 108 Å². The number of nitrogens with one attached hydrogen (secondary N) is 2. The third-order valence-corrected chi connectivity index (χ3v) is 16.0. The molecule has 2 aliphatic carbocycles. The van der Waals surface area contributed by atoms with Gasteiger partial charge in [0.1, 0.15) is 0 Å². The van der Waals surface area contributed by atoms with Gasteiger partial charge in [0.05, 0.1) is 0 Å². The Morgan fingerprint density at radius 3 is 1.19 bits per heavy atom. The molecule has 2 N–H and O–H groups in total. The normalized spacial score (nSPS) is 16.3. The Bertz CT molecular complexity index is 1300. The summed E-state index contributed by atoms with van der Waals surface area (Å²) in [5.41, 5.74) is 22.0. The molecule has 42 heavy (non-hydrogen) atoms. The molecule has 0 aromatic heterocycles. The maximum Gasteiger partial charge on any atom is 1.00 e. The van der Waals surface area contributed by atoms with Gasteiger partial charge >= 0.3 is 18.9 Å². The third-order valence-electron chi connectivity index (χ3n) is 8.79. The van der Waals surface area contributed by atoms with Gasteiger partial charge in [0.15, 0.2) is 15.6 Å². The number of anilines is 1. The van der Waals surface area contributed by atoms with Crippen molar-refractivity contribution in [1.82, 2.24) is 0 Å². The molecule has 0 bridgehead atoms. The minimum absolute atomic E-state index is 0. The van der Waals surface area contributed by atoms with E-state index >= 15 is 0 Å². The van der Waals surface area contributed by atoms with Gasteiger partial charge in [-0.25, -0.2) is 0 Å². The van der Waals surface area contributed by atoms with E-state index in [1.165, 1.54) is 39.1 Å². The number of halogens is 3. The molecule has 0 atom stereocenters. The van der Waals surface area contributed by atoms with Crippen molar-refractivity contribution in [2.75, 3.05) is 4.98 Å². The summed E-state index contributed by atoms with van der Waals surface area (Å²) < 4.78 is 2.15. The van der Waals surface area contributed by atoms with Crippen LogP contribution in [-0.2, 0) is 0 Å². The molecule has 0 spiro atoms. The van der Waals surface area contributed by atoms with Gasteiger partial charge in [0.25, 0.3) is 0 Å². The van der Waals surface area contributed by atoms with E-state index in [2.05, 4.69) is 143 Å². The van der Waals surface area contributed by atoms with Crippen LogP contribution in [0.5, 0.6) is 0 Å². The summed E-state index contributed by atoms with van der Waals surface area (Å²) in [5.74, 6) is 0. The van der Waals surface area contributed by atoms with Crippen LogP contribution >= 0.6 is 42.9 Å². The van der Waals surface area contributed by atoms with E-state index < -0.39 is 15.6 Å². The molecule has 0 saturated carbocycles. The van der Waals surface area contributed by atoms with Gasteiger partial charge in [-0.2, -0.15) is 11.1 Å². The Kier molecular flexibility index (Phi) is 15.0. The average Bonchev–Trinajstić information content (AvgIpc) is 3.21. The second kappa shape index (κ2) is 16.0. The Morgan fingerprint density at radius 1 is 0.595 bits per heavy atom. The van der Waals surface area contributed by atoms with Crippen LogP contribution in [0.25, 0.3) is 5.73 Å². The molecule has 0 heterocycles. The minimum atomic E-state index is -1.62. The molecule has 8 heteroatoms. The zero-order valence-corrected chi connectivity index (χ0v) is 33.8. The molecule has 0 fully saturated rings. The van der Waals surface area contributed by atoms with E-state index in [0.29, 0.717) is 16.8 Å². The van der Waals surface area contributed by atoms with E-state index in [9.17, 15) is 0 Å². The van der Waals surface area contributed by atoms with Crippen molar-refractivity contribution in [3.63, 3.8) is 0 Å². The van der Waals surface area contributed by atoms with Gasteiger partial charge in [0.2, 0.25) is 0 Å². The van der Waals surface area contributed by atoms with E-state index in [4.69, 9.17) is 16.8 Å². The van der Waals surface area contributed by atoms with Gasteiger partial charge in [-0.1, -0.05) is 92.5 Å². The van der Waals surface area contributed by atoms with Crippen LogP contribution in [0.2, 0.25) is 37.3 Å². The summed E-state index contributed by atoms with van der Waals surface area (Å²) in [5, 5.41) is 0. The fourth-order valence-corrected chi connectivity index (χ4v) is 13.9. The fraction of sp³-hybridized carbons (Fsp3) is 0.412. The number of benzene rings is 2. The first kappa shape index (κ1) is 39.3. The molecule has 0 amide bonds. The van der Waals surface area contributed by atoms with Gasteiger partial charge in [0, 0.05) is 25.7 Å². The molecule has 0 aliphatic heterocycles. The molecule has 224 valence electrons. The van der Waals surface area contributed by atoms with Crippen molar-refractivity contribution in [1.29, 1.82) is 0 Å². The smallest absolute Gasteiger partial charge is 0.699 e. The SMILES string of the molecule is CC1=C(C)C([Si](C)(C)Cl)C(C)=C1C.CC1=C(C)C([Si](C)(C)Nc2ccc(Br)cc2)C(C)=C1C.[Li+].[NH-]c1ccc(Br)cc1. The zero-order valence-electron chi connectivity index (χ0n) is 27.9. The first-order valence-electron chi connectivity index (χ1n) is 14.2. The maximum atomic E-state index is 7.07. The third kappa shape index (κ3) is 9.89. The summed E-state index contributed by atoms with van der Waals surface area (Å²) in [6.07, 6.45) is 0. The van der Waals surface area contributed by atoms with E-state index in [1.807, 2.05) is 12.1 Å². The maximum absolute atomic E-state index is 7.07. The van der Waals surface area contributed by atoms with Gasteiger partial charge in [-0.3, -0.25) is 0 Å². The number of rotatable bonds is 4. The van der Waals surface area contributed by atoms with E-state index in [-0.39, 0.29) is 18.9 Å². The summed E-state index contributed by atoms with van der Waals surface area (Å²) in [4.78, 5) is 3.84. The molecule has 4 rings (SSSR count). The van der Waals surface area contributed by atoms with Gasteiger partial charge in [-0.05, 0) is 114 Å². The number of allylic oxidation sites excluding steroid dienone is 8. The zero-order chi connectivity index (χ0) is 31.4. The minimum Gasteiger partial charge on any atom is -0.699 e. The Balaban J connectivity index is 0.000000344. The summed E-state index contributed by atoms with van der Waals surface area (Å²) in [6.45, 7) is 27.4. The Morgan fingerprint density at radius 2 is 0.905 bits per heavy atom. The molecular formula is C34H48Br2ClLiN2Si2. The number of hydrogen-bond donors (Lipinski definition) is 1. The van der Waals surface area contributed by atoms with Crippen LogP contribution in [0.15, 0.2) is 102 Å². The van der Waals surface area contributed by atoms with E-state index in [1.54, 1.807) is 23.3 Å². The van der Waals surface area contributed by atoms with Crippen molar-refractivity contribution in [3.8, 4) is 0 Å². The first-order valence-corrected chi connectivity index (χ1v) is 22.9. The predicted octanol–water partition coefficient (Wildman–Crippen LogP) is 10.7. The van der Waals surface area contributed by atoms with Crippen LogP contribution in [0, 0.1) is 0 Å². The van der Waals surface area contributed by atoms with Crippen LogP contribution < -0.4 is 23.8 Å². The summed E-state index contributed by atoms with van der Waals surface area (Å²) >= 11 is 13.3. The second-order valence-electron chi connectivity index (χ2n) is 12.5. The number of hydrogen-bond acceptors (Lipinski definition) is 1. The van der Waals surface area contributed by atoms with Gasteiger partial charge < -0.3 is 10.7 Å². The first-order chi connectivity index (χ1) is 18.8. The summed E-state index contributed by atoms with van der Waals surface area (Å²) in [7, 11) is -3.20. The molecule has 2 aromatic rings. The molecule has 0 saturated heterocycles. The topological polar surface area (TPSA) is 35.8 Å². The van der Waals surface area contributed by atoms with E-state index in [0.717, 1.165) is 8.95 Å². The van der Waals surface area contributed by atoms with Crippen molar-refractivity contribution < 1.29 is 18.9 Å². The van der Waals surface area contributed by atoms with Gasteiger partial charge in [-0.15, -0.1) is 5.69 Å². The summed E-state index contributed by atoms with van der Waals surface area (Å²) in [6, 6.07) is 15.7. The van der Waals surface area contributed by atoms with Crippen LogP contribution in [0.4, 0.5) is 11.4 Å². The molecular weight excluding hydrogens is 695 g/mol.